The van der Waals surface area contributed by atoms with Gasteiger partial charge < -0.3 is 10.5 Å². The molecule has 1 aromatic carbocycles. The van der Waals surface area contributed by atoms with E-state index in [4.69, 9.17) is 10.5 Å². The largest absolute Gasteiger partial charge is 0.495 e. The van der Waals surface area contributed by atoms with Gasteiger partial charge in [-0.05, 0) is 30.0 Å². The average Bonchev–Trinajstić information content (AvgIpc) is 2.63. The number of nitrogen functional groups attached to an aromatic ring is 1. The number of methoxy groups -OCH3 is 1. The molecular formula is C10H12N4O2S. The highest BCUT2D eigenvalue weighted by Crippen LogP contribution is 2.31. The van der Waals surface area contributed by atoms with Crippen molar-refractivity contribution in [3.63, 3.8) is 0 Å². The van der Waals surface area contributed by atoms with Crippen molar-refractivity contribution in [1.82, 2.24) is 14.8 Å². The summed E-state index contributed by atoms with van der Waals surface area (Å²) in [6.07, 6.45) is 0. The molecule has 17 heavy (non-hydrogen) atoms. The van der Waals surface area contributed by atoms with Crippen molar-refractivity contribution in [3.05, 3.63) is 28.7 Å². The topological polar surface area (TPSA) is 85.9 Å². The van der Waals surface area contributed by atoms with Crippen molar-refractivity contribution in [2.45, 2.75) is 10.1 Å². The number of nitrogens with zero attached hydrogens (tertiary/aromatic N) is 2. The third-order valence-electron chi connectivity index (χ3n) is 2.25. The maximum Gasteiger partial charge on any atom is 0.343 e. The molecule has 7 heteroatoms. The minimum atomic E-state index is -0.241. The predicted octanol–water partition coefficient (Wildman–Crippen LogP) is 0.850. The van der Waals surface area contributed by atoms with Crippen molar-refractivity contribution < 1.29 is 4.74 Å². The summed E-state index contributed by atoms with van der Waals surface area (Å²) in [7, 11) is 3.22. The van der Waals surface area contributed by atoms with E-state index in [1.165, 1.54) is 16.3 Å². The fourth-order valence-corrected chi connectivity index (χ4v) is 2.11. The fraction of sp³-hybridized carbons (Fsp3) is 0.200. The number of aromatic amines is 1. The van der Waals surface area contributed by atoms with Crippen molar-refractivity contribution in [2.24, 2.45) is 7.05 Å². The number of anilines is 1. The van der Waals surface area contributed by atoms with E-state index in [1.807, 2.05) is 6.07 Å². The molecule has 0 saturated carbocycles. The molecule has 3 N–H and O–H groups in total. The summed E-state index contributed by atoms with van der Waals surface area (Å²) in [6, 6.07) is 5.41. The van der Waals surface area contributed by atoms with Gasteiger partial charge in [-0.2, -0.15) is 0 Å². The van der Waals surface area contributed by atoms with Crippen LogP contribution in [0, 0.1) is 0 Å². The second kappa shape index (κ2) is 4.54. The van der Waals surface area contributed by atoms with Gasteiger partial charge in [0.2, 0.25) is 0 Å². The molecule has 90 valence electrons. The molecule has 0 unspecified atom stereocenters. The molecular weight excluding hydrogens is 240 g/mol. The highest BCUT2D eigenvalue weighted by molar-refractivity contribution is 7.99. The molecule has 0 aliphatic rings. The van der Waals surface area contributed by atoms with Crippen LogP contribution in [0.15, 0.2) is 33.0 Å². The van der Waals surface area contributed by atoms with Gasteiger partial charge in [0.1, 0.15) is 5.75 Å². The van der Waals surface area contributed by atoms with Crippen molar-refractivity contribution >= 4 is 17.4 Å². The number of rotatable bonds is 3. The Morgan fingerprint density at radius 2 is 2.29 bits per heavy atom. The molecule has 0 bridgehead atoms. The van der Waals surface area contributed by atoms with E-state index < -0.39 is 0 Å². The summed E-state index contributed by atoms with van der Waals surface area (Å²) in [6.45, 7) is 0. The minimum Gasteiger partial charge on any atom is -0.495 e. The predicted molar refractivity (Wildman–Crippen MR) is 65.4 cm³/mol. The summed E-state index contributed by atoms with van der Waals surface area (Å²) >= 11 is 1.36. The monoisotopic (exact) mass is 252 g/mol. The maximum atomic E-state index is 11.2. The summed E-state index contributed by atoms with van der Waals surface area (Å²) in [5.74, 6) is 0.607. The Morgan fingerprint density at radius 3 is 2.88 bits per heavy atom. The highest BCUT2D eigenvalue weighted by atomic mass is 32.2. The lowest BCUT2D eigenvalue weighted by atomic mass is 10.3. The summed E-state index contributed by atoms with van der Waals surface area (Å²) < 4.78 is 6.56. The number of hydrogen-bond acceptors (Lipinski definition) is 5. The normalized spacial score (nSPS) is 10.5. The maximum absolute atomic E-state index is 11.2. The van der Waals surface area contributed by atoms with E-state index in [2.05, 4.69) is 10.2 Å². The average molecular weight is 252 g/mol. The van der Waals surface area contributed by atoms with Gasteiger partial charge >= 0.3 is 5.69 Å². The number of benzene rings is 1. The van der Waals surface area contributed by atoms with Gasteiger partial charge in [0.25, 0.3) is 0 Å². The van der Waals surface area contributed by atoms with E-state index in [0.29, 0.717) is 16.6 Å². The van der Waals surface area contributed by atoms with Crippen LogP contribution in [0.2, 0.25) is 0 Å². The molecule has 6 nitrogen and oxygen atoms in total. The van der Waals surface area contributed by atoms with Crippen molar-refractivity contribution in [2.75, 3.05) is 12.8 Å². The van der Waals surface area contributed by atoms with Crippen LogP contribution in [0.1, 0.15) is 0 Å². The zero-order valence-electron chi connectivity index (χ0n) is 9.43. The third-order valence-corrected chi connectivity index (χ3v) is 3.29. The van der Waals surface area contributed by atoms with Crippen LogP contribution in [-0.4, -0.2) is 21.9 Å². The van der Waals surface area contributed by atoms with E-state index >= 15 is 0 Å². The molecule has 2 rings (SSSR count). The minimum absolute atomic E-state index is 0.241. The molecule has 2 aromatic rings. The van der Waals surface area contributed by atoms with Crippen LogP contribution in [0.4, 0.5) is 5.69 Å². The Bertz CT molecular complexity index is 590. The first-order valence-electron chi connectivity index (χ1n) is 4.84. The van der Waals surface area contributed by atoms with Gasteiger partial charge in [-0.3, -0.25) is 4.57 Å². The van der Waals surface area contributed by atoms with Gasteiger partial charge in [0.05, 0.1) is 12.8 Å². The second-order valence-electron chi connectivity index (χ2n) is 3.38. The Morgan fingerprint density at radius 1 is 1.53 bits per heavy atom. The van der Waals surface area contributed by atoms with Crippen LogP contribution in [0.5, 0.6) is 5.75 Å². The molecule has 1 heterocycles. The van der Waals surface area contributed by atoms with Crippen LogP contribution in [-0.2, 0) is 7.05 Å². The SMILES string of the molecule is COc1cc(Sc2n[nH]c(=O)n2C)ccc1N. The number of nitrogens with two attached hydrogens (primary N) is 1. The summed E-state index contributed by atoms with van der Waals surface area (Å²) in [4.78, 5) is 12.1. The molecule has 0 aliphatic heterocycles. The number of ether oxygens (including phenoxy) is 1. The number of H-pyrrole nitrogens is 1. The van der Waals surface area contributed by atoms with Crippen molar-refractivity contribution in [1.29, 1.82) is 0 Å². The third kappa shape index (κ3) is 2.28. The molecule has 0 aliphatic carbocycles. The molecule has 1 aromatic heterocycles. The van der Waals surface area contributed by atoms with Gasteiger partial charge in [-0.15, -0.1) is 5.10 Å². The molecule has 0 saturated heterocycles. The molecule has 0 spiro atoms. The summed E-state index contributed by atoms with van der Waals surface area (Å²) in [5.41, 5.74) is 6.05. The number of nitrogens with one attached hydrogen (secondary N) is 1. The lowest BCUT2D eigenvalue weighted by Gasteiger charge is -2.06. The standard InChI is InChI=1S/C10H12N4O2S/c1-14-9(15)12-13-10(14)17-6-3-4-7(11)8(5-6)16-2/h3-5H,11H2,1-2H3,(H,12,15). The zero-order chi connectivity index (χ0) is 12.4. The van der Waals surface area contributed by atoms with Crippen molar-refractivity contribution in [3.8, 4) is 5.75 Å². The molecule has 0 amide bonds. The second-order valence-corrected chi connectivity index (χ2v) is 4.42. The lowest BCUT2D eigenvalue weighted by Crippen LogP contribution is -2.12. The van der Waals surface area contributed by atoms with Crippen LogP contribution >= 0.6 is 11.8 Å². The van der Waals surface area contributed by atoms with E-state index in [-0.39, 0.29) is 5.69 Å². The lowest BCUT2D eigenvalue weighted by molar-refractivity contribution is 0.416. The smallest absolute Gasteiger partial charge is 0.343 e. The van der Waals surface area contributed by atoms with E-state index in [1.54, 1.807) is 26.3 Å². The van der Waals surface area contributed by atoms with Crippen LogP contribution < -0.4 is 16.2 Å². The van der Waals surface area contributed by atoms with Gasteiger partial charge in [-0.1, -0.05) is 0 Å². The quantitative estimate of drug-likeness (QED) is 0.791. The molecule has 0 atom stereocenters. The Kier molecular flexibility index (Phi) is 3.10. The summed E-state index contributed by atoms with van der Waals surface area (Å²) in [5, 5.41) is 6.87. The van der Waals surface area contributed by atoms with Crippen LogP contribution in [0.25, 0.3) is 0 Å². The Labute approximate surface area is 102 Å². The zero-order valence-corrected chi connectivity index (χ0v) is 10.2. The Balaban J connectivity index is 2.30. The van der Waals surface area contributed by atoms with Crippen LogP contribution in [0.3, 0.4) is 0 Å². The van der Waals surface area contributed by atoms with Gasteiger partial charge in [-0.25, -0.2) is 9.89 Å². The molecule has 0 fully saturated rings. The van der Waals surface area contributed by atoms with E-state index in [9.17, 15) is 4.79 Å². The first-order valence-corrected chi connectivity index (χ1v) is 5.66. The van der Waals surface area contributed by atoms with Gasteiger partial charge in [0.15, 0.2) is 5.16 Å². The van der Waals surface area contributed by atoms with Gasteiger partial charge in [0, 0.05) is 11.9 Å². The first kappa shape index (κ1) is 11.6. The number of aromatic nitrogens is 3. The highest BCUT2D eigenvalue weighted by Gasteiger charge is 2.08. The fourth-order valence-electron chi connectivity index (χ4n) is 1.28. The first-order chi connectivity index (χ1) is 8.11. The number of hydrogen-bond donors (Lipinski definition) is 2. The van der Waals surface area contributed by atoms with E-state index in [0.717, 1.165) is 4.90 Å². The molecule has 0 radical (unpaired) electrons. The Hall–Kier alpha value is -1.89.